The van der Waals surface area contributed by atoms with Crippen molar-refractivity contribution >= 4 is 17.6 Å². The van der Waals surface area contributed by atoms with Crippen LogP contribution in [0.4, 0.5) is 4.79 Å². The molecule has 1 fully saturated rings. The van der Waals surface area contributed by atoms with Gasteiger partial charge in [-0.05, 0) is 6.42 Å². The van der Waals surface area contributed by atoms with Gasteiger partial charge in [-0.3, -0.25) is 0 Å². The van der Waals surface area contributed by atoms with Crippen molar-refractivity contribution in [2.45, 2.75) is 96.8 Å². The van der Waals surface area contributed by atoms with Crippen LogP contribution in [0.3, 0.4) is 0 Å². The molecule has 0 aliphatic carbocycles. The van der Waals surface area contributed by atoms with Gasteiger partial charge in [-0.1, -0.05) is 90.4 Å². The number of hydrogen-bond acceptors (Lipinski definition) is 1. The largest absolute Gasteiger partial charge is 0.323 e. The second-order valence-corrected chi connectivity index (χ2v) is 7.92. The lowest BCUT2D eigenvalue weighted by Gasteiger charge is -2.17. The Kier molecular flexibility index (Phi) is 14.3. The van der Waals surface area contributed by atoms with Crippen LogP contribution in [0.5, 0.6) is 0 Å². The quantitative estimate of drug-likeness (QED) is 0.213. The fraction of sp³-hybridized carbons (Fsp3) is 0.952. The molecule has 0 radical (unpaired) electrons. The number of hydrogen-bond donors (Lipinski definition) is 0. The smallest absolute Gasteiger partial charge is 0.320 e. The Morgan fingerprint density at radius 1 is 0.680 bits per heavy atom. The highest BCUT2D eigenvalue weighted by Crippen LogP contribution is 2.14. The zero-order valence-corrected chi connectivity index (χ0v) is 17.4. The first kappa shape index (κ1) is 22.6. The van der Waals surface area contributed by atoms with Crippen molar-refractivity contribution < 1.29 is 4.79 Å². The average molecular weight is 373 g/mol. The molecule has 4 heteroatoms. The third kappa shape index (κ3) is 11.0. The molecule has 2 amide bonds. The summed E-state index contributed by atoms with van der Waals surface area (Å²) in [5.41, 5.74) is 0. The average Bonchev–Trinajstić information content (AvgIpc) is 2.96. The number of nitrogens with zero attached hydrogens (tertiary/aromatic N) is 2. The third-order valence-corrected chi connectivity index (χ3v) is 5.49. The molecule has 0 aromatic carbocycles. The lowest BCUT2D eigenvalue weighted by atomic mass is 10.0. The van der Waals surface area contributed by atoms with E-state index in [9.17, 15) is 4.79 Å². The molecule has 0 aromatic rings. The number of alkyl halides is 1. The number of rotatable bonds is 17. The lowest BCUT2D eigenvalue weighted by molar-refractivity contribution is 0.193. The van der Waals surface area contributed by atoms with Crippen molar-refractivity contribution in [1.29, 1.82) is 0 Å². The SMILES string of the molecule is CCCCCCCCCCCCCCCCN1CCN(CCCl)C1=O. The molecule has 1 heterocycles. The molecule has 3 nitrogen and oxygen atoms in total. The summed E-state index contributed by atoms with van der Waals surface area (Å²) >= 11 is 5.72. The van der Waals surface area contributed by atoms with Gasteiger partial charge in [0, 0.05) is 32.1 Å². The van der Waals surface area contributed by atoms with Crippen LogP contribution < -0.4 is 0 Å². The van der Waals surface area contributed by atoms with Gasteiger partial charge < -0.3 is 9.80 Å². The minimum Gasteiger partial charge on any atom is -0.323 e. The van der Waals surface area contributed by atoms with Gasteiger partial charge in [-0.2, -0.15) is 0 Å². The predicted octanol–water partition coefficient (Wildman–Crippen LogP) is 6.44. The van der Waals surface area contributed by atoms with E-state index in [4.69, 9.17) is 11.6 Å². The Morgan fingerprint density at radius 2 is 1.08 bits per heavy atom. The summed E-state index contributed by atoms with van der Waals surface area (Å²) in [6.07, 6.45) is 19.3. The summed E-state index contributed by atoms with van der Waals surface area (Å²) in [6.45, 7) is 5.63. The van der Waals surface area contributed by atoms with Gasteiger partial charge in [-0.15, -0.1) is 11.6 Å². The third-order valence-electron chi connectivity index (χ3n) is 5.32. The normalized spacial score (nSPS) is 14.7. The molecule has 1 rings (SSSR count). The first-order valence-corrected chi connectivity index (χ1v) is 11.4. The maximum absolute atomic E-state index is 12.1. The molecule has 0 atom stereocenters. The Hall–Kier alpha value is -0.440. The van der Waals surface area contributed by atoms with Crippen molar-refractivity contribution in [3.8, 4) is 0 Å². The number of carbonyl (C=O) groups is 1. The van der Waals surface area contributed by atoms with E-state index in [1.807, 2.05) is 9.80 Å². The van der Waals surface area contributed by atoms with Crippen LogP contribution in [0.25, 0.3) is 0 Å². The molecule has 0 saturated carbocycles. The minimum absolute atomic E-state index is 0.190. The van der Waals surface area contributed by atoms with E-state index in [-0.39, 0.29) is 6.03 Å². The highest BCUT2D eigenvalue weighted by Gasteiger charge is 2.26. The van der Waals surface area contributed by atoms with Crippen molar-refractivity contribution in [3.05, 3.63) is 0 Å². The Bertz CT molecular complexity index is 325. The van der Waals surface area contributed by atoms with Gasteiger partial charge in [0.1, 0.15) is 0 Å². The molecule has 0 bridgehead atoms. The number of urea groups is 1. The molecule has 0 aromatic heterocycles. The van der Waals surface area contributed by atoms with Crippen molar-refractivity contribution in [3.63, 3.8) is 0 Å². The summed E-state index contributed by atoms with van der Waals surface area (Å²) in [6, 6.07) is 0.190. The second kappa shape index (κ2) is 15.8. The Labute approximate surface area is 161 Å². The van der Waals surface area contributed by atoms with Crippen LogP contribution in [-0.4, -0.2) is 47.9 Å². The summed E-state index contributed by atoms with van der Waals surface area (Å²) < 4.78 is 0. The van der Waals surface area contributed by atoms with Crippen LogP contribution in [-0.2, 0) is 0 Å². The summed E-state index contributed by atoms with van der Waals surface area (Å²) in [7, 11) is 0. The Morgan fingerprint density at radius 3 is 1.52 bits per heavy atom. The summed E-state index contributed by atoms with van der Waals surface area (Å²) in [5.74, 6) is 0.540. The van der Waals surface area contributed by atoms with Crippen LogP contribution in [0.1, 0.15) is 96.8 Å². The maximum Gasteiger partial charge on any atom is 0.320 e. The van der Waals surface area contributed by atoms with Gasteiger partial charge in [0.25, 0.3) is 0 Å². The van der Waals surface area contributed by atoms with Crippen LogP contribution in [0.15, 0.2) is 0 Å². The molecule has 148 valence electrons. The van der Waals surface area contributed by atoms with Crippen LogP contribution >= 0.6 is 11.6 Å². The molecular weight excluding hydrogens is 332 g/mol. The molecule has 25 heavy (non-hydrogen) atoms. The lowest BCUT2D eigenvalue weighted by Crippen LogP contribution is -2.33. The standard InChI is InChI=1S/C21H41ClN2O/c1-2-3-4-5-6-7-8-9-10-11-12-13-14-15-17-23-19-20-24(18-16-22)21(23)25/h2-20H2,1H3. The van der Waals surface area contributed by atoms with E-state index in [0.29, 0.717) is 12.4 Å². The highest BCUT2D eigenvalue weighted by atomic mass is 35.5. The van der Waals surface area contributed by atoms with E-state index in [1.165, 1.54) is 83.5 Å². The maximum atomic E-state index is 12.1. The van der Waals surface area contributed by atoms with Gasteiger partial charge in [0.2, 0.25) is 0 Å². The monoisotopic (exact) mass is 372 g/mol. The van der Waals surface area contributed by atoms with Crippen molar-refractivity contribution in [2.75, 3.05) is 32.1 Å². The van der Waals surface area contributed by atoms with E-state index in [0.717, 1.165) is 26.1 Å². The topological polar surface area (TPSA) is 23.6 Å². The second-order valence-electron chi connectivity index (χ2n) is 7.54. The van der Waals surface area contributed by atoms with E-state index in [2.05, 4.69) is 6.92 Å². The first-order valence-electron chi connectivity index (χ1n) is 10.9. The van der Waals surface area contributed by atoms with Gasteiger partial charge in [-0.25, -0.2) is 4.79 Å². The van der Waals surface area contributed by atoms with Gasteiger partial charge in [0.05, 0.1) is 0 Å². The van der Waals surface area contributed by atoms with Crippen molar-refractivity contribution in [1.82, 2.24) is 9.80 Å². The van der Waals surface area contributed by atoms with Crippen LogP contribution in [0.2, 0.25) is 0 Å². The summed E-state index contributed by atoms with van der Waals surface area (Å²) in [5, 5.41) is 0. The predicted molar refractivity (Wildman–Crippen MR) is 110 cm³/mol. The van der Waals surface area contributed by atoms with Gasteiger partial charge >= 0.3 is 6.03 Å². The fourth-order valence-electron chi connectivity index (χ4n) is 3.65. The van der Waals surface area contributed by atoms with Crippen LogP contribution in [0, 0.1) is 0 Å². The van der Waals surface area contributed by atoms with E-state index < -0.39 is 0 Å². The van der Waals surface area contributed by atoms with E-state index in [1.54, 1.807) is 0 Å². The summed E-state index contributed by atoms with van der Waals surface area (Å²) in [4.78, 5) is 15.9. The molecule has 1 aliphatic heterocycles. The van der Waals surface area contributed by atoms with Crippen molar-refractivity contribution in [2.24, 2.45) is 0 Å². The molecule has 1 aliphatic rings. The molecule has 0 N–H and O–H groups in total. The Balaban J connectivity index is 1.80. The highest BCUT2D eigenvalue weighted by molar-refractivity contribution is 6.18. The molecule has 0 spiro atoms. The number of carbonyl (C=O) groups excluding carboxylic acids is 1. The zero-order valence-electron chi connectivity index (χ0n) is 16.6. The minimum atomic E-state index is 0.190. The first-order chi connectivity index (χ1) is 12.3. The zero-order chi connectivity index (χ0) is 18.2. The molecular formula is C21H41ClN2O. The number of amides is 2. The molecule has 0 unspecified atom stereocenters. The number of halogens is 1. The number of unbranched alkanes of at least 4 members (excludes halogenated alkanes) is 13. The fourth-order valence-corrected chi connectivity index (χ4v) is 3.85. The van der Waals surface area contributed by atoms with Gasteiger partial charge in [0.15, 0.2) is 0 Å². The molecule has 1 saturated heterocycles. The van der Waals surface area contributed by atoms with E-state index >= 15 is 0 Å².